The summed E-state index contributed by atoms with van der Waals surface area (Å²) in [7, 11) is 1.61. The molecule has 1 aliphatic carbocycles. The number of benzene rings is 1. The molecule has 0 aromatic heterocycles. The molecule has 0 bridgehead atoms. The van der Waals surface area contributed by atoms with Crippen molar-refractivity contribution < 1.29 is 9.47 Å². The van der Waals surface area contributed by atoms with E-state index in [0.717, 1.165) is 24.5 Å². The van der Waals surface area contributed by atoms with Crippen LogP contribution in [0.15, 0.2) is 18.2 Å². The third-order valence-electron chi connectivity index (χ3n) is 3.90. The van der Waals surface area contributed by atoms with Crippen molar-refractivity contribution in [2.75, 3.05) is 7.11 Å². The first kappa shape index (κ1) is 13.7. The van der Waals surface area contributed by atoms with Crippen molar-refractivity contribution in [3.05, 3.63) is 23.8 Å². The molecule has 3 nitrogen and oxygen atoms in total. The Balaban J connectivity index is 2.08. The second kappa shape index (κ2) is 6.47. The van der Waals surface area contributed by atoms with E-state index in [1.807, 2.05) is 6.07 Å². The Hall–Kier alpha value is -1.69. The van der Waals surface area contributed by atoms with Gasteiger partial charge in [0, 0.05) is 6.07 Å². The van der Waals surface area contributed by atoms with E-state index in [4.69, 9.17) is 14.7 Å². The predicted octanol–water partition coefficient (Wildman–Crippen LogP) is 3.91. The van der Waals surface area contributed by atoms with Crippen molar-refractivity contribution >= 4 is 0 Å². The second-order valence-corrected chi connectivity index (χ2v) is 5.16. The van der Waals surface area contributed by atoms with E-state index in [-0.39, 0.29) is 6.10 Å². The molecule has 2 unspecified atom stereocenters. The van der Waals surface area contributed by atoms with Gasteiger partial charge in [0.15, 0.2) is 11.5 Å². The quantitative estimate of drug-likeness (QED) is 0.823. The highest BCUT2D eigenvalue weighted by Gasteiger charge is 2.23. The van der Waals surface area contributed by atoms with Crippen molar-refractivity contribution in [3.8, 4) is 17.6 Å². The van der Waals surface area contributed by atoms with E-state index >= 15 is 0 Å². The minimum absolute atomic E-state index is 0.278. The summed E-state index contributed by atoms with van der Waals surface area (Å²) in [4.78, 5) is 0. The van der Waals surface area contributed by atoms with Crippen LogP contribution < -0.4 is 9.47 Å². The molecule has 0 N–H and O–H groups in total. The third kappa shape index (κ3) is 3.41. The van der Waals surface area contributed by atoms with Gasteiger partial charge >= 0.3 is 0 Å². The van der Waals surface area contributed by atoms with Crippen LogP contribution in [0.2, 0.25) is 0 Å². The minimum atomic E-state index is 0.278. The van der Waals surface area contributed by atoms with E-state index in [2.05, 4.69) is 13.0 Å². The molecule has 0 amide bonds. The lowest BCUT2D eigenvalue weighted by Gasteiger charge is -2.29. The molecule has 2 rings (SSSR count). The fraction of sp³-hybridized carbons (Fsp3) is 0.562. The maximum Gasteiger partial charge on any atom is 0.162 e. The summed E-state index contributed by atoms with van der Waals surface area (Å²) < 4.78 is 11.4. The van der Waals surface area contributed by atoms with Crippen LogP contribution in [0.5, 0.6) is 11.5 Å². The lowest BCUT2D eigenvalue weighted by molar-refractivity contribution is 0.118. The SMILES string of the molecule is CCC1CCCC(Oc2ccc(C#N)cc2OC)C1. The number of ether oxygens (including phenoxy) is 2. The fourth-order valence-electron chi connectivity index (χ4n) is 2.73. The fourth-order valence-corrected chi connectivity index (χ4v) is 2.73. The average Bonchev–Trinajstić information content (AvgIpc) is 2.48. The van der Waals surface area contributed by atoms with Gasteiger partial charge in [-0.25, -0.2) is 0 Å². The zero-order chi connectivity index (χ0) is 13.7. The molecule has 3 heteroatoms. The molecule has 1 aliphatic rings. The molecule has 1 saturated carbocycles. The van der Waals surface area contributed by atoms with Crippen LogP contribution in [-0.2, 0) is 0 Å². The maximum absolute atomic E-state index is 8.89. The van der Waals surface area contributed by atoms with Crippen LogP contribution in [-0.4, -0.2) is 13.2 Å². The van der Waals surface area contributed by atoms with Crippen LogP contribution >= 0.6 is 0 Å². The Kier molecular flexibility index (Phi) is 4.68. The molecule has 0 radical (unpaired) electrons. The van der Waals surface area contributed by atoms with Gasteiger partial charge in [-0.05, 0) is 37.3 Å². The molecule has 0 spiro atoms. The normalized spacial score (nSPS) is 22.6. The van der Waals surface area contributed by atoms with Gasteiger partial charge in [0.05, 0.1) is 24.8 Å². The monoisotopic (exact) mass is 259 g/mol. The first-order valence-electron chi connectivity index (χ1n) is 7.01. The highest BCUT2D eigenvalue weighted by Crippen LogP contribution is 2.34. The van der Waals surface area contributed by atoms with Crippen LogP contribution in [0.1, 0.15) is 44.6 Å². The summed E-state index contributed by atoms with van der Waals surface area (Å²) in [6, 6.07) is 7.46. The molecule has 102 valence electrons. The van der Waals surface area contributed by atoms with Gasteiger partial charge in [0.1, 0.15) is 0 Å². The van der Waals surface area contributed by atoms with E-state index in [9.17, 15) is 0 Å². The first-order chi connectivity index (χ1) is 9.26. The van der Waals surface area contributed by atoms with Crippen molar-refractivity contribution in [3.63, 3.8) is 0 Å². The van der Waals surface area contributed by atoms with E-state index in [0.29, 0.717) is 11.3 Å². The number of rotatable bonds is 4. The summed E-state index contributed by atoms with van der Waals surface area (Å²) in [6.07, 6.45) is 6.30. The van der Waals surface area contributed by atoms with E-state index < -0.39 is 0 Å². The molecule has 0 saturated heterocycles. The Labute approximate surface area is 115 Å². The van der Waals surface area contributed by atoms with E-state index in [1.165, 1.54) is 19.3 Å². The van der Waals surface area contributed by atoms with Gasteiger partial charge < -0.3 is 9.47 Å². The van der Waals surface area contributed by atoms with Crippen LogP contribution in [0.4, 0.5) is 0 Å². The van der Waals surface area contributed by atoms with Crippen molar-refractivity contribution in [2.24, 2.45) is 5.92 Å². The Morgan fingerprint density at radius 1 is 1.32 bits per heavy atom. The molecule has 0 aliphatic heterocycles. The maximum atomic E-state index is 8.89. The van der Waals surface area contributed by atoms with Crippen molar-refractivity contribution in [2.45, 2.75) is 45.1 Å². The Morgan fingerprint density at radius 2 is 2.16 bits per heavy atom. The molecule has 1 aromatic carbocycles. The number of hydrogen-bond acceptors (Lipinski definition) is 3. The summed E-state index contributed by atoms with van der Waals surface area (Å²) in [5.74, 6) is 2.18. The summed E-state index contributed by atoms with van der Waals surface area (Å²) in [5.41, 5.74) is 0.597. The van der Waals surface area contributed by atoms with Crippen molar-refractivity contribution in [1.82, 2.24) is 0 Å². The lowest BCUT2D eigenvalue weighted by Crippen LogP contribution is -2.25. The highest BCUT2D eigenvalue weighted by atomic mass is 16.5. The number of nitriles is 1. The van der Waals surface area contributed by atoms with Crippen LogP contribution in [0.25, 0.3) is 0 Å². The molecule has 19 heavy (non-hydrogen) atoms. The summed E-state index contributed by atoms with van der Waals surface area (Å²) >= 11 is 0. The summed E-state index contributed by atoms with van der Waals surface area (Å²) in [5, 5.41) is 8.89. The minimum Gasteiger partial charge on any atom is -0.493 e. The smallest absolute Gasteiger partial charge is 0.162 e. The van der Waals surface area contributed by atoms with Crippen LogP contribution in [0.3, 0.4) is 0 Å². The molecule has 2 atom stereocenters. The van der Waals surface area contributed by atoms with E-state index in [1.54, 1.807) is 19.2 Å². The van der Waals surface area contributed by atoms with Crippen molar-refractivity contribution in [1.29, 1.82) is 5.26 Å². The predicted molar refractivity (Wildman–Crippen MR) is 74.4 cm³/mol. The standard InChI is InChI=1S/C16H21NO2/c1-3-12-5-4-6-14(9-12)19-15-8-7-13(11-17)10-16(15)18-2/h7-8,10,12,14H,3-6,9H2,1-2H3. The Bertz CT molecular complexity index is 464. The van der Waals surface area contributed by atoms with Crippen LogP contribution in [0, 0.1) is 17.2 Å². The lowest BCUT2D eigenvalue weighted by atomic mass is 9.85. The van der Waals surface area contributed by atoms with Gasteiger partial charge in [-0.2, -0.15) is 5.26 Å². The number of methoxy groups -OCH3 is 1. The van der Waals surface area contributed by atoms with Gasteiger partial charge in [-0.1, -0.05) is 19.8 Å². The number of nitrogens with zero attached hydrogens (tertiary/aromatic N) is 1. The zero-order valence-corrected chi connectivity index (χ0v) is 11.7. The first-order valence-corrected chi connectivity index (χ1v) is 7.01. The molecule has 0 heterocycles. The topological polar surface area (TPSA) is 42.2 Å². The average molecular weight is 259 g/mol. The second-order valence-electron chi connectivity index (χ2n) is 5.16. The Morgan fingerprint density at radius 3 is 2.84 bits per heavy atom. The third-order valence-corrected chi connectivity index (χ3v) is 3.90. The zero-order valence-electron chi connectivity index (χ0n) is 11.7. The molecular weight excluding hydrogens is 238 g/mol. The summed E-state index contributed by atoms with van der Waals surface area (Å²) in [6.45, 7) is 2.25. The van der Waals surface area contributed by atoms with Gasteiger partial charge in [-0.3, -0.25) is 0 Å². The number of hydrogen-bond donors (Lipinski definition) is 0. The molecule has 1 fully saturated rings. The highest BCUT2D eigenvalue weighted by molar-refractivity contribution is 5.46. The molecular formula is C16H21NO2. The van der Waals surface area contributed by atoms with Gasteiger partial charge in [0.25, 0.3) is 0 Å². The molecule has 1 aromatic rings. The van der Waals surface area contributed by atoms with Gasteiger partial charge in [-0.15, -0.1) is 0 Å². The van der Waals surface area contributed by atoms with Gasteiger partial charge in [0.2, 0.25) is 0 Å². The largest absolute Gasteiger partial charge is 0.493 e.